The average Bonchev–Trinajstić information content (AvgIpc) is 2.46. The Kier molecular flexibility index (Phi) is 4.26. The number of hydrogen-bond acceptors (Lipinski definition) is 3. The number of nitrogens with one attached hydrogen (secondary N) is 1. The summed E-state index contributed by atoms with van der Waals surface area (Å²) >= 11 is 0. The topological polar surface area (TPSA) is 75.2 Å². The molecule has 6 nitrogen and oxygen atoms in total. The summed E-state index contributed by atoms with van der Waals surface area (Å²) in [6.07, 6.45) is 0. The fourth-order valence-corrected chi connectivity index (χ4v) is 2.32. The van der Waals surface area contributed by atoms with E-state index in [2.05, 4.69) is 4.98 Å². The molecule has 1 N–H and O–H groups in total. The summed E-state index contributed by atoms with van der Waals surface area (Å²) in [5.41, 5.74) is 0.422. The molecule has 1 amide bonds. The van der Waals surface area contributed by atoms with Gasteiger partial charge in [0.25, 0.3) is 5.56 Å². The van der Waals surface area contributed by atoms with Crippen LogP contribution < -0.4 is 11.2 Å². The Bertz CT molecular complexity index is 785. The van der Waals surface area contributed by atoms with Crippen molar-refractivity contribution in [1.29, 1.82) is 0 Å². The molecule has 2 aromatic rings. The molecule has 0 saturated carbocycles. The van der Waals surface area contributed by atoms with E-state index in [9.17, 15) is 14.4 Å². The lowest BCUT2D eigenvalue weighted by Crippen LogP contribution is -2.42. The van der Waals surface area contributed by atoms with Gasteiger partial charge in [0.05, 0.1) is 10.9 Å². The third-order valence-electron chi connectivity index (χ3n) is 3.55. The Labute approximate surface area is 122 Å². The molecule has 0 aliphatic heterocycles. The largest absolute Gasteiger partial charge is 0.342 e. The van der Waals surface area contributed by atoms with Crippen molar-refractivity contribution in [3.05, 3.63) is 44.6 Å². The van der Waals surface area contributed by atoms with Crippen molar-refractivity contribution in [3.63, 3.8) is 0 Å². The van der Waals surface area contributed by atoms with Gasteiger partial charge in [-0.1, -0.05) is 11.6 Å². The summed E-state index contributed by atoms with van der Waals surface area (Å²) < 4.78 is 0.961. The van der Waals surface area contributed by atoms with Crippen LogP contribution in [0.4, 0.5) is 0 Å². The van der Waals surface area contributed by atoms with E-state index in [-0.39, 0.29) is 12.5 Å². The molecule has 0 radical (unpaired) electrons. The van der Waals surface area contributed by atoms with Crippen LogP contribution in [0.5, 0.6) is 0 Å². The molecule has 0 spiro atoms. The standard InChI is InChI=1S/C15H19N3O3/c1-4-17(5-2)13(19)9-18-14(20)11-8-10(3)6-7-12(11)16-15(18)21/h6-8H,4-5,9H2,1-3H3,(H,16,21). The molecular weight excluding hydrogens is 270 g/mol. The van der Waals surface area contributed by atoms with Gasteiger partial charge in [-0.2, -0.15) is 0 Å². The Hall–Kier alpha value is -2.37. The summed E-state index contributed by atoms with van der Waals surface area (Å²) in [5.74, 6) is -0.236. The van der Waals surface area contributed by atoms with Crippen LogP contribution in [-0.4, -0.2) is 33.4 Å². The molecule has 0 atom stereocenters. The lowest BCUT2D eigenvalue weighted by atomic mass is 10.2. The number of aromatic nitrogens is 2. The van der Waals surface area contributed by atoms with Crippen molar-refractivity contribution in [2.45, 2.75) is 27.3 Å². The Morgan fingerprint density at radius 2 is 1.90 bits per heavy atom. The van der Waals surface area contributed by atoms with E-state index in [0.717, 1.165) is 10.1 Å². The number of hydrogen-bond donors (Lipinski definition) is 1. The number of rotatable bonds is 4. The van der Waals surface area contributed by atoms with Crippen LogP contribution in [0.25, 0.3) is 10.9 Å². The molecule has 1 heterocycles. The van der Waals surface area contributed by atoms with Crippen LogP contribution >= 0.6 is 0 Å². The number of carbonyl (C=O) groups excluding carboxylic acids is 1. The van der Waals surface area contributed by atoms with E-state index in [4.69, 9.17) is 0 Å². The maximum atomic E-state index is 12.4. The Balaban J connectivity index is 2.52. The molecule has 0 bridgehead atoms. The Morgan fingerprint density at radius 1 is 1.24 bits per heavy atom. The van der Waals surface area contributed by atoms with Crippen molar-refractivity contribution < 1.29 is 4.79 Å². The maximum absolute atomic E-state index is 12.4. The molecule has 6 heteroatoms. The van der Waals surface area contributed by atoms with E-state index >= 15 is 0 Å². The van der Waals surface area contributed by atoms with Crippen molar-refractivity contribution in [2.24, 2.45) is 0 Å². The molecule has 1 aromatic carbocycles. The second-order valence-electron chi connectivity index (χ2n) is 4.94. The van der Waals surface area contributed by atoms with Crippen molar-refractivity contribution in [2.75, 3.05) is 13.1 Å². The van der Waals surface area contributed by atoms with Crippen LogP contribution in [0.15, 0.2) is 27.8 Å². The van der Waals surface area contributed by atoms with Crippen molar-refractivity contribution in [3.8, 4) is 0 Å². The fraction of sp³-hybridized carbons (Fsp3) is 0.400. The van der Waals surface area contributed by atoms with Gasteiger partial charge in [-0.15, -0.1) is 0 Å². The highest BCUT2D eigenvalue weighted by molar-refractivity contribution is 5.79. The van der Waals surface area contributed by atoms with Crippen LogP contribution in [0.2, 0.25) is 0 Å². The first-order valence-corrected chi connectivity index (χ1v) is 6.99. The highest BCUT2D eigenvalue weighted by Gasteiger charge is 2.14. The molecule has 0 aliphatic carbocycles. The monoisotopic (exact) mass is 289 g/mol. The number of aromatic amines is 1. The zero-order valence-electron chi connectivity index (χ0n) is 12.5. The van der Waals surface area contributed by atoms with Gasteiger partial charge in [-0.3, -0.25) is 14.2 Å². The molecule has 0 aliphatic rings. The van der Waals surface area contributed by atoms with Gasteiger partial charge in [0, 0.05) is 13.1 Å². The van der Waals surface area contributed by atoms with Gasteiger partial charge in [-0.05, 0) is 32.9 Å². The van der Waals surface area contributed by atoms with Gasteiger partial charge in [-0.25, -0.2) is 4.79 Å². The first-order chi connectivity index (χ1) is 9.97. The minimum absolute atomic E-state index is 0.236. The van der Waals surface area contributed by atoms with Gasteiger partial charge in [0.1, 0.15) is 6.54 Å². The SMILES string of the molecule is CCN(CC)C(=O)Cn1c(=O)[nH]c2ccc(C)cc2c1=O. The van der Waals surface area contributed by atoms with E-state index < -0.39 is 11.2 Å². The van der Waals surface area contributed by atoms with Gasteiger partial charge < -0.3 is 9.88 Å². The third-order valence-corrected chi connectivity index (χ3v) is 3.55. The minimum atomic E-state index is -0.558. The van der Waals surface area contributed by atoms with Crippen molar-refractivity contribution in [1.82, 2.24) is 14.5 Å². The number of carbonyl (C=O) groups is 1. The summed E-state index contributed by atoms with van der Waals surface area (Å²) in [6, 6.07) is 5.24. The molecule has 0 saturated heterocycles. The normalized spacial score (nSPS) is 10.8. The van der Waals surface area contributed by atoms with Gasteiger partial charge >= 0.3 is 5.69 Å². The lowest BCUT2D eigenvalue weighted by Gasteiger charge is -2.18. The average molecular weight is 289 g/mol. The summed E-state index contributed by atoms with van der Waals surface area (Å²) in [5, 5.41) is 0.418. The number of H-pyrrole nitrogens is 1. The number of nitrogens with zero attached hydrogens (tertiary/aromatic N) is 2. The highest BCUT2D eigenvalue weighted by Crippen LogP contribution is 2.07. The number of benzene rings is 1. The van der Waals surface area contributed by atoms with Gasteiger partial charge in [0.15, 0.2) is 0 Å². The zero-order valence-corrected chi connectivity index (χ0v) is 12.5. The van der Waals surface area contributed by atoms with E-state index in [1.54, 1.807) is 17.0 Å². The molecule has 0 unspecified atom stereocenters. The molecule has 0 fully saturated rings. The predicted molar refractivity (Wildman–Crippen MR) is 81.5 cm³/mol. The maximum Gasteiger partial charge on any atom is 0.329 e. The molecular formula is C15H19N3O3. The predicted octanol–water partition coefficient (Wildman–Crippen LogP) is 0.867. The van der Waals surface area contributed by atoms with E-state index in [1.807, 2.05) is 26.8 Å². The van der Waals surface area contributed by atoms with Crippen LogP contribution in [0.1, 0.15) is 19.4 Å². The first-order valence-electron chi connectivity index (χ1n) is 6.99. The van der Waals surface area contributed by atoms with Crippen molar-refractivity contribution >= 4 is 16.8 Å². The van der Waals surface area contributed by atoms with Crippen LogP contribution in [-0.2, 0) is 11.3 Å². The lowest BCUT2D eigenvalue weighted by molar-refractivity contribution is -0.131. The first kappa shape index (κ1) is 15.0. The fourth-order valence-electron chi connectivity index (χ4n) is 2.32. The summed E-state index contributed by atoms with van der Waals surface area (Å²) in [7, 11) is 0. The van der Waals surface area contributed by atoms with Gasteiger partial charge in [0.2, 0.25) is 5.91 Å². The van der Waals surface area contributed by atoms with E-state index in [1.165, 1.54) is 0 Å². The summed E-state index contributed by atoms with van der Waals surface area (Å²) in [6.45, 7) is 6.45. The molecule has 2 rings (SSSR count). The van der Waals surface area contributed by atoms with Crippen LogP contribution in [0.3, 0.4) is 0 Å². The van der Waals surface area contributed by atoms with Crippen LogP contribution in [0, 0.1) is 6.92 Å². The second kappa shape index (κ2) is 5.95. The zero-order chi connectivity index (χ0) is 15.6. The number of likely N-dealkylation sites (N-methyl/N-ethyl adjacent to an activating group) is 1. The Morgan fingerprint density at radius 3 is 2.52 bits per heavy atom. The third kappa shape index (κ3) is 2.89. The van der Waals surface area contributed by atoms with E-state index in [0.29, 0.717) is 24.0 Å². The molecule has 21 heavy (non-hydrogen) atoms. The highest BCUT2D eigenvalue weighted by atomic mass is 16.2. The molecule has 1 aromatic heterocycles. The second-order valence-corrected chi connectivity index (χ2v) is 4.94. The smallest absolute Gasteiger partial charge is 0.329 e. The molecule has 112 valence electrons. The minimum Gasteiger partial charge on any atom is -0.342 e. The summed E-state index contributed by atoms with van der Waals surface area (Å²) in [4.78, 5) is 40.7. The number of fused-ring (bicyclic) bond motifs is 1. The number of amides is 1. The quantitative estimate of drug-likeness (QED) is 0.907. The number of aryl methyl sites for hydroxylation is 1.